The first-order valence-corrected chi connectivity index (χ1v) is 10.7. The number of carbonyl (C=O) groups excluding carboxylic acids is 1. The van der Waals surface area contributed by atoms with E-state index in [1.165, 1.54) is 0 Å². The molecule has 0 amide bonds. The van der Waals surface area contributed by atoms with E-state index in [1.54, 1.807) is 6.20 Å². The highest BCUT2D eigenvalue weighted by Gasteiger charge is 2.13. The van der Waals surface area contributed by atoms with Crippen molar-refractivity contribution in [2.75, 3.05) is 0 Å². The number of hydrogen-bond donors (Lipinski definition) is 0. The fourth-order valence-electron chi connectivity index (χ4n) is 3.98. The average Bonchev–Trinajstić information content (AvgIpc) is 2.85. The number of carbonyl (C=O) groups is 1. The van der Waals surface area contributed by atoms with Gasteiger partial charge < -0.3 is 0 Å². The molecule has 0 aliphatic heterocycles. The lowest BCUT2D eigenvalue weighted by molar-refractivity contribution is -0.117. The highest BCUT2D eigenvalue weighted by molar-refractivity contribution is 5.92. The smallest absolute Gasteiger partial charge is 0.143 e. The van der Waals surface area contributed by atoms with Crippen molar-refractivity contribution in [3.8, 4) is 22.4 Å². The number of pyridine rings is 2. The average molecular weight is 415 g/mol. The van der Waals surface area contributed by atoms with Gasteiger partial charge in [0.05, 0.1) is 11.2 Å². The van der Waals surface area contributed by atoms with Crippen LogP contribution in [0.3, 0.4) is 0 Å². The van der Waals surface area contributed by atoms with E-state index in [1.807, 2.05) is 66.7 Å². The molecule has 5 rings (SSSR count). The zero-order valence-corrected chi connectivity index (χ0v) is 17.6. The number of ketones is 1. The third-order valence-electron chi connectivity index (χ3n) is 5.52. The molecule has 32 heavy (non-hydrogen) atoms. The largest absolute Gasteiger partial charge is 0.299 e. The van der Waals surface area contributed by atoms with Crippen LogP contribution in [0.4, 0.5) is 0 Å². The van der Waals surface area contributed by atoms with E-state index in [-0.39, 0.29) is 5.78 Å². The molecule has 3 nitrogen and oxygen atoms in total. The lowest BCUT2D eigenvalue weighted by Crippen LogP contribution is -2.07. The molecule has 0 aliphatic carbocycles. The van der Waals surface area contributed by atoms with Crippen LogP contribution in [0.2, 0.25) is 0 Å². The van der Waals surface area contributed by atoms with Crippen molar-refractivity contribution >= 4 is 16.7 Å². The predicted octanol–water partition coefficient (Wildman–Crippen LogP) is 6.32. The van der Waals surface area contributed by atoms with Crippen molar-refractivity contribution < 1.29 is 4.79 Å². The fraction of sp³-hybridized carbons (Fsp3) is 0.0690. The Bertz CT molecular complexity index is 1360. The minimum absolute atomic E-state index is 0.153. The van der Waals surface area contributed by atoms with E-state index in [9.17, 15) is 4.79 Å². The number of benzene rings is 3. The summed E-state index contributed by atoms with van der Waals surface area (Å²) in [4.78, 5) is 21.9. The van der Waals surface area contributed by atoms with Crippen molar-refractivity contribution in [1.82, 2.24) is 9.97 Å². The first-order chi connectivity index (χ1) is 15.8. The zero-order valence-electron chi connectivity index (χ0n) is 17.6. The van der Waals surface area contributed by atoms with Crippen LogP contribution in [0.25, 0.3) is 33.3 Å². The van der Waals surface area contributed by atoms with Crippen LogP contribution >= 0.6 is 0 Å². The molecule has 2 heterocycles. The molecule has 5 aromatic rings. The molecule has 0 spiro atoms. The Morgan fingerprint density at radius 2 is 1.41 bits per heavy atom. The maximum Gasteiger partial charge on any atom is 0.143 e. The molecule has 3 heteroatoms. The van der Waals surface area contributed by atoms with Gasteiger partial charge in [0.25, 0.3) is 0 Å². The lowest BCUT2D eigenvalue weighted by atomic mass is 9.96. The summed E-state index contributed by atoms with van der Waals surface area (Å²) in [5.74, 6) is 0.153. The van der Waals surface area contributed by atoms with Gasteiger partial charge in [0.15, 0.2) is 0 Å². The number of rotatable bonds is 6. The quantitative estimate of drug-likeness (QED) is 0.327. The number of hydrogen-bond acceptors (Lipinski definition) is 3. The third-order valence-corrected chi connectivity index (χ3v) is 5.52. The van der Waals surface area contributed by atoms with E-state index in [0.717, 1.165) is 44.5 Å². The number of fused-ring (bicyclic) bond motifs is 1. The van der Waals surface area contributed by atoms with Crippen LogP contribution in [0, 0.1) is 0 Å². The Balaban J connectivity index is 1.52. The second kappa shape index (κ2) is 8.94. The maximum absolute atomic E-state index is 12.6. The molecule has 0 fully saturated rings. The highest BCUT2D eigenvalue weighted by atomic mass is 16.1. The summed E-state index contributed by atoms with van der Waals surface area (Å²) >= 11 is 0. The van der Waals surface area contributed by atoms with Crippen LogP contribution in [0.5, 0.6) is 0 Å². The Morgan fingerprint density at radius 3 is 2.12 bits per heavy atom. The molecule has 0 aliphatic rings. The molecular formula is C29H22N2O. The molecule has 0 atom stereocenters. The monoisotopic (exact) mass is 414 g/mol. The highest BCUT2D eigenvalue weighted by Crippen LogP contribution is 2.33. The molecule has 0 N–H and O–H groups in total. The van der Waals surface area contributed by atoms with Crippen LogP contribution in [0.15, 0.2) is 109 Å². The summed E-state index contributed by atoms with van der Waals surface area (Å²) in [6, 6.07) is 34.5. The molecule has 2 aromatic heterocycles. The van der Waals surface area contributed by atoms with Gasteiger partial charge in [-0.25, -0.2) is 4.98 Å². The van der Waals surface area contributed by atoms with Crippen molar-refractivity contribution in [1.29, 1.82) is 0 Å². The van der Waals surface area contributed by atoms with Gasteiger partial charge in [-0.2, -0.15) is 0 Å². The Hall–Kier alpha value is -4.11. The SMILES string of the molecule is O=C(Cc1ccc2nc(-c3ccccc3)c(-c3ccccc3)cc2c1)Cc1ccccn1. The van der Waals surface area contributed by atoms with Crippen molar-refractivity contribution in [2.24, 2.45) is 0 Å². The molecule has 0 radical (unpaired) electrons. The first-order valence-electron chi connectivity index (χ1n) is 10.7. The number of aromatic nitrogens is 2. The lowest BCUT2D eigenvalue weighted by Gasteiger charge is -2.12. The third kappa shape index (κ3) is 4.33. The van der Waals surface area contributed by atoms with Gasteiger partial charge in [-0.15, -0.1) is 0 Å². The van der Waals surface area contributed by atoms with Crippen LogP contribution in [-0.2, 0) is 17.6 Å². The zero-order chi connectivity index (χ0) is 21.8. The van der Waals surface area contributed by atoms with Gasteiger partial charge in [0, 0.05) is 41.2 Å². The number of nitrogens with zero attached hydrogens (tertiary/aromatic N) is 2. The standard InChI is InChI=1S/C29H22N2O/c32-26(20-25-13-7-8-16-30-25)18-21-14-15-28-24(17-21)19-27(22-9-3-1-4-10-22)29(31-28)23-11-5-2-6-12-23/h1-17,19H,18,20H2. The summed E-state index contributed by atoms with van der Waals surface area (Å²) in [7, 11) is 0. The minimum Gasteiger partial charge on any atom is -0.299 e. The fourth-order valence-corrected chi connectivity index (χ4v) is 3.98. The topological polar surface area (TPSA) is 42.9 Å². The minimum atomic E-state index is 0.153. The Kier molecular flexibility index (Phi) is 5.54. The summed E-state index contributed by atoms with van der Waals surface area (Å²) in [5, 5.41) is 1.03. The van der Waals surface area contributed by atoms with Gasteiger partial charge in [-0.05, 0) is 41.5 Å². The molecule has 0 saturated heterocycles. The summed E-state index contributed by atoms with van der Waals surface area (Å²) in [6.07, 6.45) is 2.45. The molecule has 3 aromatic carbocycles. The summed E-state index contributed by atoms with van der Waals surface area (Å²) in [5.41, 5.74) is 6.97. The Morgan fingerprint density at radius 1 is 0.688 bits per heavy atom. The Labute approximate surface area is 187 Å². The van der Waals surface area contributed by atoms with Gasteiger partial charge >= 0.3 is 0 Å². The first kappa shape index (κ1) is 19.8. The van der Waals surface area contributed by atoms with Crippen molar-refractivity contribution in [3.05, 3.63) is 121 Å². The molecule has 0 unspecified atom stereocenters. The molecular weight excluding hydrogens is 392 g/mol. The normalized spacial score (nSPS) is 10.9. The second-order valence-corrected chi connectivity index (χ2v) is 7.86. The van der Waals surface area contributed by atoms with Crippen LogP contribution < -0.4 is 0 Å². The van der Waals surface area contributed by atoms with Crippen molar-refractivity contribution in [3.63, 3.8) is 0 Å². The van der Waals surface area contributed by atoms with Crippen LogP contribution in [0.1, 0.15) is 11.3 Å². The van der Waals surface area contributed by atoms with Gasteiger partial charge in [-0.3, -0.25) is 9.78 Å². The van der Waals surface area contributed by atoms with E-state index in [2.05, 4.69) is 41.4 Å². The van der Waals surface area contributed by atoms with Gasteiger partial charge in [0.2, 0.25) is 0 Å². The van der Waals surface area contributed by atoms with Crippen LogP contribution in [-0.4, -0.2) is 15.8 Å². The summed E-state index contributed by atoms with van der Waals surface area (Å²) < 4.78 is 0. The predicted molar refractivity (Wildman–Crippen MR) is 129 cm³/mol. The van der Waals surface area contributed by atoms with E-state index < -0.39 is 0 Å². The maximum atomic E-state index is 12.6. The summed E-state index contributed by atoms with van der Waals surface area (Å²) in [6.45, 7) is 0. The van der Waals surface area contributed by atoms with E-state index in [4.69, 9.17) is 4.98 Å². The van der Waals surface area contributed by atoms with Crippen molar-refractivity contribution in [2.45, 2.75) is 12.8 Å². The number of Topliss-reactive ketones (excluding diaryl/α,β-unsaturated/α-hetero) is 1. The second-order valence-electron chi connectivity index (χ2n) is 7.86. The van der Waals surface area contributed by atoms with Gasteiger partial charge in [-0.1, -0.05) is 72.8 Å². The molecule has 154 valence electrons. The molecule has 0 bridgehead atoms. The molecule has 0 saturated carbocycles. The van der Waals surface area contributed by atoms with E-state index in [0.29, 0.717) is 12.8 Å². The van der Waals surface area contributed by atoms with E-state index >= 15 is 0 Å². The van der Waals surface area contributed by atoms with Gasteiger partial charge in [0.1, 0.15) is 5.78 Å².